The lowest BCUT2D eigenvalue weighted by Gasteiger charge is -2.36. The number of nitrogens with one attached hydrogen (secondary N) is 1. The average Bonchev–Trinajstić information content (AvgIpc) is 2.27. The molecule has 2 N–H and O–H groups in total. The van der Waals surface area contributed by atoms with E-state index in [4.69, 9.17) is 0 Å². The van der Waals surface area contributed by atoms with Gasteiger partial charge in [-0.3, -0.25) is 0 Å². The van der Waals surface area contributed by atoms with E-state index < -0.39 is 5.60 Å². The maximum Gasteiger partial charge on any atom is 0.0766 e. The molecule has 0 aromatic heterocycles. The second-order valence-corrected chi connectivity index (χ2v) is 6.25. The second-order valence-electron chi connectivity index (χ2n) is 6.25. The van der Waals surface area contributed by atoms with Crippen molar-refractivity contribution in [3.05, 3.63) is 0 Å². The first kappa shape index (κ1) is 14.0. The van der Waals surface area contributed by atoms with Crippen molar-refractivity contribution in [2.75, 3.05) is 6.54 Å². The molecule has 1 saturated carbocycles. The Labute approximate surface area is 101 Å². The van der Waals surface area contributed by atoms with Crippen molar-refractivity contribution in [2.45, 2.75) is 77.9 Å². The van der Waals surface area contributed by atoms with E-state index in [1.165, 1.54) is 25.7 Å². The van der Waals surface area contributed by atoms with Crippen LogP contribution in [0.3, 0.4) is 0 Å². The van der Waals surface area contributed by atoms with Gasteiger partial charge in [0.05, 0.1) is 5.60 Å². The number of aliphatic hydroxyl groups is 1. The van der Waals surface area contributed by atoms with Crippen LogP contribution in [0.15, 0.2) is 0 Å². The minimum absolute atomic E-state index is 0.493. The molecule has 0 aliphatic heterocycles. The first-order valence-corrected chi connectivity index (χ1v) is 6.86. The van der Waals surface area contributed by atoms with Crippen LogP contribution in [-0.2, 0) is 0 Å². The van der Waals surface area contributed by atoms with Crippen LogP contribution < -0.4 is 5.32 Å². The molecule has 0 aromatic carbocycles. The fraction of sp³-hybridized carbons (Fsp3) is 1.00. The van der Waals surface area contributed by atoms with Gasteiger partial charge in [0.2, 0.25) is 0 Å². The van der Waals surface area contributed by atoms with E-state index in [1.54, 1.807) is 0 Å². The van der Waals surface area contributed by atoms with Crippen LogP contribution in [0.1, 0.15) is 66.2 Å². The highest BCUT2D eigenvalue weighted by atomic mass is 16.3. The molecule has 16 heavy (non-hydrogen) atoms. The van der Waals surface area contributed by atoms with E-state index in [1.807, 2.05) is 0 Å². The van der Waals surface area contributed by atoms with E-state index in [0.29, 0.717) is 11.5 Å². The maximum atomic E-state index is 10.2. The average molecular weight is 227 g/mol. The van der Waals surface area contributed by atoms with Gasteiger partial charge in [-0.15, -0.1) is 0 Å². The largest absolute Gasteiger partial charge is 0.389 e. The lowest BCUT2D eigenvalue weighted by Crippen LogP contribution is -2.45. The van der Waals surface area contributed by atoms with Crippen LogP contribution in [0.2, 0.25) is 0 Å². The molecular formula is C14H29NO. The van der Waals surface area contributed by atoms with Crippen molar-refractivity contribution < 1.29 is 5.11 Å². The summed E-state index contributed by atoms with van der Waals surface area (Å²) in [6.07, 6.45) is 6.82. The van der Waals surface area contributed by atoms with Gasteiger partial charge in [-0.1, -0.05) is 27.7 Å². The molecule has 96 valence electrons. The zero-order valence-electron chi connectivity index (χ0n) is 11.5. The summed E-state index contributed by atoms with van der Waals surface area (Å²) in [4.78, 5) is 0. The van der Waals surface area contributed by atoms with Gasteiger partial charge < -0.3 is 10.4 Å². The molecule has 0 amide bonds. The van der Waals surface area contributed by atoms with Crippen molar-refractivity contribution >= 4 is 0 Å². The van der Waals surface area contributed by atoms with Gasteiger partial charge >= 0.3 is 0 Å². The summed E-state index contributed by atoms with van der Waals surface area (Å²) in [7, 11) is 0. The molecule has 2 nitrogen and oxygen atoms in total. The van der Waals surface area contributed by atoms with Crippen LogP contribution in [0.5, 0.6) is 0 Å². The van der Waals surface area contributed by atoms with E-state index in [2.05, 4.69) is 33.0 Å². The van der Waals surface area contributed by atoms with Crippen LogP contribution in [0.4, 0.5) is 0 Å². The zero-order chi connectivity index (χ0) is 12.2. The van der Waals surface area contributed by atoms with Crippen molar-refractivity contribution in [1.82, 2.24) is 5.32 Å². The van der Waals surface area contributed by atoms with Gasteiger partial charge in [-0.05, 0) is 43.9 Å². The highest BCUT2D eigenvalue weighted by Crippen LogP contribution is 2.35. The summed E-state index contributed by atoms with van der Waals surface area (Å²) >= 11 is 0. The van der Waals surface area contributed by atoms with Crippen LogP contribution in [0, 0.1) is 5.41 Å². The van der Waals surface area contributed by atoms with Crippen molar-refractivity contribution in [1.29, 1.82) is 0 Å². The Kier molecular flexibility index (Phi) is 4.81. The standard InChI is InChI=1S/C14H29NO/c1-5-14(16,6-2)11-15-12-7-9-13(3,4)10-8-12/h12,15-16H,5-11H2,1-4H3. The minimum atomic E-state index is -0.493. The van der Waals surface area contributed by atoms with Gasteiger partial charge in [0.25, 0.3) is 0 Å². The fourth-order valence-corrected chi connectivity index (χ4v) is 2.44. The highest BCUT2D eigenvalue weighted by Gasteiger charge is 2.28. The highest BCUT2D eigenvalue weighted by molar-refractivity contribution is 4.85. The summed E-state index contributed by atoms with van der Waals surface area (Å²) in [5.41, 5.74) is 0.0387. The van der Waals surface area contributed by atoms with E-state index in [0.717, 1.165) is 19.4 Å². The molecular weight excluding hydrogens is 198 g/mol. The van der Waals surface area contributed by atoms with E-state index in [9.17, 15) is 5.11 Å². The summed E-state index contributed by atoms with van der Waals surface area (Å²) in [6, 6.07) is 0.623. The first-order valence-electron chi connectivity index (χ1n) is 6.86. The fourth-order valence-electron chi connectivity index (χ4n) is 2.44. The Hall–Kier alpha value is -0.0800. The summed E-state index contributed by atoms with van der Waals surface area (Å²) < 4.78 is 0. The molecule has 0 aromatic rings. The Bertz CT molecular complexity index is 199. The first-order chi connectivity index (χ1) is 7.41. The van der Waals surface area contributed by atoms with Gasteiger partial charge in [0, 0.05) is 12.6 Å². The van der Waals surface area contributed by atoms with Crippen LogP contribution in [-0.4, -0.2) is 23.3 Å². The van der Waals surface area contributed by atoms with E-state index >= 15 is 0 Å². The smallest absolute Gasteiger partial charge is 0.0766 e. The maximum absolute atomic E-state index is 10.2. The molecule has 0 atom stereocenters. The van der Waals surface area contributed by atoms with Gasteiger partial charge in [-0.2, -0.15) is 0 Å². The number of hydrogen-bond acceptors (Lipinski definition) is 2. The molecule has 1 aliphatic rings. The van der Waals surface area contributed by atoms with Gasteiger partial charge in [0.15, 0.2) is 0 Å². The SMILES string of the molecule is CCC(O)(CC)CNC1CCC(C)(C)CC1. The molecule has 0 heterocycles. The Morgan fingerprint density at radius 1 is 1.19 bits per heavy atom. The lowest BCUT2D eigenvalue weighted by molar-refractivity contribution is 0.0270. The molecule has 2 heteroatoms. The third-order valence-corrected chi connectivity index (χ3v) is 4.38. The van der Waals surface area contributed by atoms with Crippen LogP contribution >= 0.6 is 0 Å². The Morgan fingerprint density at radius 2 is 1.69 bits per heavy atom. The lowest BCUT2D eigenvalue weighted by atomic mass is 9.75. The van der Waals surface area contributed by atoms with Crippen molar-refractivity contribution in [2.24, 2.45) is 5.41 Å². The predicted octanol–water partition coefficient (Wildman–Crippen LogP) is 3.10. The summed E-state index contributed by atoms with van der Waals surface area (Å²) in [6.45, 7) is 9.60. The van der Waals surface area contributed by atoms with Gasteiger partial charge in [-0.25, -0.2) is 0 Å². The Morgan fingerprint density at radius 3 is 2.12 bits per heavy atom. The predicted molar refractivity (Wildman–Crippen MR) is 69.6 cm³/mol. The number of rotatable bonds is 5. The molecule has 0 unspecified atom stereocenters. The van der Waals surface area contributed by atoms with E-state index in [-0.39, 0.29) is 0 Å². The Balaban J connectivity index is 2.29. The molecule has 1 fully saturated rings. The zero-order valence-corrected chi connectivity index (χ0v) is 11.5. The number of hydrogen-bond donors (Lipinski definition) is 2. The molecule has 1 aliphatic carbocycles. The van der Waals surface area contributed by atoms with Gasteiger partial charge in [0.1, 0.15) is 0 Å². The molecule has 0 bridgehead atoms. The topological polar surface area (TPSA) is 32.3 Å². The molecule has 0 saturated heterocycles. The molecule has 0 spiro atoms. The summed E-state index contributed by atoms with van der Waals surface area (Å²) in [5.74, 6) is 0. The normalized spacial score (nSPS) is 22.3. The van der Waals surface area contributed by atoms with Crippen LogP contribution in [0.25, 0.3) is 0 Å². The molecule has 0 radical (unpaired) electrons. The molecule has 1 rings (SSSR count). The minimum Gasteiger partial charge on any atom is -0.389 e. The third-order valence-electron chi connectivity index (χ3n) is 4.38. The second kappa shape index (κ2) is 5.50. The van der Waals surface area contributed by atoms with Crippen molar-refractivity contribution in [3.63, 3.8) is 0 Å². The monoisotopic (exact) mass is 227 g/mol. The summed E-state index contributed by atoms with van der Waals surface area (Å²) in [5, 5.41) is 13.8. The van der Waals surface area contributed by atoms with Crippen molar-refractivity contribution in [3.8, 4) is 0 Å². The third kappa shape index (κ3) is 4.06. The quantitative estimate of drug-likeness (QED) is 0.756.